The topological polar surface area (TPSA) is 115 Å². The maximum absolute atomic E-state index is 13.8. The Morgan fingerprint density at radius 1 is 1.15 bits per heavy atom. The van der Waals surface area contributed by atoms with Crippen LogP contribution in [0.5, 0.6) is 0 Å². The molecule has 2 fully saturated rings. The third kappa shape index (κ3) is 4.85. The second-order valence-electron chi connectivity index (χ2n) is 8.56. The smallest absolute Gasteiger partial charge is 0.315 e. The molecule has 33 heavy (non-hydrogen) atoms. The summed E-state index contributed by atoms with van der Waals surface area (Å²) in [6.45, 7) is 5.72. The zero-order chi connectivity index (χ0) is 22.9. The van der Waals surface area contributed by atoms with Gasteiger partial charge in [-0.15, -0.1) is 12.4 Å². The van der Waals surface area contributed by atoms with E-state index in [-0.39, 0.29) is 31.3 Å². The van der Waals surface area contributed by atoms with E-state index in [0.29, 0.717) is 37.3 Å². The molecule has 0 spiro atoms. The molecule has 0 aliphatic carbocycles. The molecule has 2 aromatic rings. The first-order chi connectivity index (χ1) is 15.3. The first kappa shape index (κ1) is 25.0. The minimum Gasteiger partial charge on any atom is -0.464 e. The highest BCUT2D eigenvalue weighted by atomic mass is 35.5. The summed E-state index contributed by atoms with van der Waals surface area (Å²) in [5.41, 5.74) is 11.1. The number of ether oxygens (including phenoxy) is 1. The Bertz CT molecular complexity index is 1010. The highest BCUT2D eigenvalue weighted by Gasteiger charge is 2.51. The number of hydrogen-bond donors (Lipinski definition) is 2. The predicted octanol–water partition coefficient (Wildman–Crippen LogP) is 2.62. The monoisotopic (exact) mass is 480 g/mol. The molecule has 3 amide bonds. The predicted molar refractivity (Wildman–Crippen MR) is 122 cm³/mol. The number of aryl methyl sites for hydroxylation is 1. The van der Waals surface area contributed by atoms with Crippen molar-refractivity contribution in [3.8, 4) is 0 Å². The number of morpholine rings is 1. The molecule has 180 valence electrons. The Kier molecular flexibility index (Phi) is 7.66. The fourth-order valence-corrected chi connectivity index (χ4v) is 4.98. The molecule has 8 nitrogen and oxygen atoms in total. The molecule has 3 heterocycles. The van der Waals surface area contributed by atoms with Gasteiger partial charge in [-0.05, 0) is 55.2 Å². The van der Waals surface area contributed by atoms with Gasteiger partial charge in [-0.1, -0.05) is 6.07 Å². The van der Waals surface area contributed by atoms with Crippen molar-refractivity contribution in [1.82, 2.24) is 9.80 Å². The second-order valence-corrected chi connectivity index (χ2v) is 8.56. The highest BCUT2D eigenvalue weighted by molar-refractivity contribution is 5.91. The van der Waals surface area contributed by atoms with E-state index >= 15 is 0 Å². The maximum atomic E-state index is 13.8. The van der Waals surface area contributed by atoms with E-state index in [0.717, 1.165) is 24.6 Å². The summed E-state index contributed by atoms with van der Waals surface area (Å²) in [6.07, 6.45) is 0.783. The molecule has 0 radical (unpaired) electrons. The zero-order valence-corrected chi connectivity index (χ0v) is 19.4. The summed E-state index contributed by atoms with van der Waals surface area (Å²) in [5, 5.41) is 0. The lowest BCUT2D eigenvalue weighted by Gasteiger charge is -2.47. The minimum absolute atomic E-state index is 0. The number of piperidine rings is 1. The molecule has 1 aromatic carbocycles. The minimum atomic E-state index is -1.48. The van der Waals surface area contributed by atoms with E-state index < -0.39 is 23.3 Å². The quantitative estimate of drug-likeness (QED) is 0.682. The normalized spacial score (nSPS) is 23.7. The van der Waals surface area contributed by atoms with Crippen molar-refractivity contribution in [2.75, 3.05) is 32.8 Å². The number of primary amides is 2. The number of likely N-dealkylation sites (tertiary alicyclic amines) is 1. The third-order valence-electron chi connectivity index (χ3n) is 6.58. The number of halogens is 2. The van der Waals surface area contributed by atoms with Crippen LogP contribution in [-0.4, -0.2) is 54.6 Å². The molecule has 2 saturated heterocycles. The van der Waals surface area contributed by atoms with E-state index in [1.165, 1.54) is 23.1 Å². The molecule has 2 aliphatic heterocycles. The molecule has 0 saturated carbocycles. The number of nitrogens with zero attached hydrogens (tertiary/aromatic N) is 2. The molecule has 2 aliphatic rings. The van der Waals surface area contributed by atoms with Crippen LogP contribution in [0, 0.1) is 12.7 Å². The molecule has 2 atom stereocenters. The van der Waals surface area contributed by atoms with Gasteiger partial charge in [0.25, 0.3) is 0 Å². The van der Waals surface area contributed by atoms with Gasteiger partial charge in [-0.25, -0.2) is 9.18 Å². The molecule has 4 rings (SSSR count). The van der Waals surface area contributed by atoms with Crippen molar-refractivity contribution in [1.29, 1.82) is 0 Å². The number of benzene rings is 1. The number of urea groups is 1. The van der Waals surface area contributed by atoms with E-state index in [1.807, 2.05) is 12.1 Å². The number of carbonyl (C=O) groups is 2. The maximum Gasteiger partial charge on any atom is 0.315 e. The Balaban J connectivity index is 0.00000306. The van der Waals surface area contributed by atoms with Gasteiger partial charge in [-0.3, -0.25) is 9.69 Å². The van der Waals surface area contributed by atoms with Crippen LogP contribution >= 0.6 is 12.4 Å². The van der Waals surface area contributed by atoms with E-state index in [4.69, 9.17) is 20.6 Å². The van der Waals surface area contributed by atoms with Crippen LogP contribution < -0.4 is 11.5 Å². The van der Waals surface area contributed by atoms with Gasteiger partial charge in [0, 0.05) is 25.6 Å². The summed E-state index contributed by atoms with van der Waals surface area (Å²) < 4.78 is 25.3. The summed E-state index contributed by atoms with van der Waals surface area (Å²) >= 11 is 0. The summed E-state index contributed by atoms with van der Waals surface area (Å²) in [6, 6.07) is 7.24. The van der Waals surface area contributed by atoms with Crippen molar-refractivity contribution in [3.05, 3.63) is 58.8 Å². The van der Waals surface area contributed by atoms with Gasteiger partial charge < -0.3 is 25.5 Å². The average Bonchev–Trinajstić information content (AvgIpc) is 3.22. The van der Waals surface area contributed by atoms with Crippen molar-refractivity contribution in [2.45, 2.75) is 37.8 Å². The van der Waals surface area contributed by atoms with Crippen molar-refractivity contribution in [3.63, 3.8) is 0 Å². The average molecular weight is 481 g/mol. The van der Waals surface area contributed by atoms with Crippen LogP contribution in [-0.2, 0) is 21.6 Å². The molecular formula is C23H30ClFN4O4. The number of carbonyl (C=O) groups excluding carboxylic acids is 2. The Morgan fingerprint density at radius 2 is 1.88 bits per heavy atom. The number of rotatable bonds is 5. The summed E-state index contributed by atoms with van der Waals surface area (Å²) in [5.74, 6) is 0.295. The van der Waals surface area contributed by atoms with Gasteiger partial charge in [-0.2, -0.15) is 0 Å². The first-order valence-electron chi connectivity index (χ1n) is 10.8. The van der Waals surface area contributed by atoms with Crippen LogP contribution in [0.25, 0.3) is 0 Å². The van der Waals surface area contributed by atoms with Gasteiger partial charge in [0.15, 0.2) is 0 Å². The van der Waals surface area contributed by atoms with Crippen molar-refractivity contribution < 1.29 is 23.1 Å². The standard InChI is InChI=1S/C23H29FN4O4.ClH/c1-15-12-17(24)2-4-19(15)23(21(25)29)13-16(6-7-28(23)22(26)30)20-5-3-18(32-20)14-27-8-10-31-11-9-27;/h2-5,12,16H,6-11,13-14H2,1H3,(H2,25,29)(H2,26,30);1H. The number of nitrogens with two attached hydrogens (primary N) is 2. The lowest BCUT2D eigenvalue weighted by Crippen LogP contribution is -2.62. The third-order valence-corrected chi connectivity index (χ3v) is 6.58. The summed E-state index contributed by atoms with van der Waals surface area (Å²) in [7, 11) is 0. The highest BCUT2D eigenvalue weighted by Crippen LogP contribution is 2.45. The van der Waals surface area contributed by atoms with E-state index in [1.54, 1.807) is 6.92 Å². The molecule has 2 unspecified atom stereocenters. The fraction of sp³-hybridized carbons (Fsp3) is 0.478. The zero-order valence-electron chi connectivity index (χ0n) is 18.6. The molecule has 10 heteroatoms. The molecule has 1 aromatic heterocycles. The van der Waals surface area contributed by atoms with Crippen molar-refractivity contribution in [2.24, 2.45) is 11.5 Å². The Hall–Kier alpha value is -2.62. The van der Waals surface area contributed by atoms with Gasteiger partial charge >= 0.3 is 6.03 Å². The van der Waals surface area contributed by atoms with Crippen molar-refractivity contribution >= 4 is 24.3 Å². The van der Waals surface area contributed by atoms with E-state index in [2.05, 4.69) is 4.90 Å². The van der Waals surface area contributed by atoms with Gasteiger partial charge in [0.2, 0.25) is 5.91 Å². The number of hydrogen-bond acceptors (Lipinski definition) is 5. The van der Waals surface area contributed by atoms with Crippen LogP contribution in [0.1, 0.15) is 41.4 Å². The fourth-order valence-electron chi connectivity index (χ4n) is 4.98. The Morgan fingerprint density at radius 3 is 2.52 bits per heavy atom. The van der Waals surface area contributed by atoms with Crippen LogP contribution in [0.4, 0.5) is 9.18 Å². The Labute approximate surface area is 198 Å². The molecular weight excluding hydrogens is 451 g/mol. The molecule has 0 bridgehead atoms. The SMILES string of the molecule is Cc1cc(F)ccc1C1(C(N)=O)CC(c2ccc(CN3CCOCC3)o2)CCN1C(N)=O.Cl. The second kappa shape index (κ2) is 10.1. The van der Waals surface area contributed by atoms with Crippen LogP contribution in [0.3, 0.4) is 0 Å². The lowest BCUT2D eigenvalue weighted by atomic mass is 9.73. The largest absolute Gasteiger partial charge is 0.464 e. The van der Waals surface area contributed by atoms with Gasteiger partial charge in [0.05, 0.1) is 19.8 Å². The van der Waals surface area contributed by atoms with Crippen LogP contribution in [0.15, 0.2) is 34.7 Å². The number of furan rings is 1. The first-order valence-corrected chi connectivity index (χ1v) is 10.8. The van der Waals surface area contributed by atoms with E-state index in [9.17, 15) is 14.0 Å². The van der Waals surface area contributed by atoms with Crippen LogP contribution in [0.2, 0.25) is 0 Å². The lowest BCUT2D eigenvalue weighted by molar-refractivity contribution is -0.131. The summed E-state index contributed by atoms with van der Waals surface area (Å²) in [4.78, 5) is 28.8. The van der Waals surface area contributed by atoms with Gasteiger partial charge in [0.1, 0.15) is 22.9 Å². The molecule has 4 N–H and O–H groups in total. The number of amides is 3.